The lowest BCUT2D eigenvalue weighted by molar-refractivity contribution is 0.726. The molecule has 0 saturated heterocycles. The summed E-state index contributed by atoms with van der Waals surface area (Å²) in [4.78, 5) is 22.4. The Bertz CT molecular complexity index is 803. The Balaban J connectivity index is 2.10. The third-order valence-electron chi connectivity index (χ3n) is 3.31. The Morgan fingerprint density at radius 1 is 1.26 bits per heavy atom. The average molecular weight is 269 g/mol. The van der Waals surface area contributed by atoms with Crippen molar-refractivity contribution in [3.05, 3.63) is 46.2 Å². The van der Waals surface area contributed by atoms with Crippen molar-refractivity contribution in [1.29, 1.82) is 0 Å². The third-order valence-corrected chi connectivity index (χ3v) is 4.19. The molecule has 4 rings (SSSR count). The molecule has 4 nitrogen and oxygen atoms in total. The molecule has 5 heteroatoms. The fraction of sp³-hybridized carbons (Fsp3) is 0.214. The van der Waals surface area contributed by atoms with Crippen molar-refractivity contribution in [2.75, 3.05) is 0 Å². The van der Waals surface area contributed by atoms with Crippen LogP contribution in [-0.2, 0) is 0 Å². The maximum absolute atomic E-state index is 12.6. The number of aromatic nitrogens is 3. The van der Waals surface area contributed by atoms with E-state index in [4.69, 9.17) is 0 Å². The van der Waals surface area contributed by atoms with E-state index in [0.29, 0.717) is 17.4 Å². The fourth-order valence-corrected chi connectivity index (χ4v) is 2.99. The van der Waals surface area contributed by atoms with Crippen LogP contribution in [0.4, 0.5) is 0 Å². The number of hydrogen-bond acceptors (Lipinski definition) is 4. The molecule has 3 heterocycles. The lowest BCUT2D eigenvalue weighted by Crippen LogP contribution is -2.23. The predicted molar refractivity (Wildman–Crippen MR) is 75.4 cm³/mol. The minimum Gasteiger partial charge on any atom is -0.286 e. The second kappa shape index (κ2) is 3.99. The summed E-state index contributed by atoms with van der Waals surface area (Å²) in [5.41, 5.74) is 2.02. The quantitative estimate of drug-likeness (QED) is 0.718. The van der Waals surface area contributed by atoms with E-state index in [2.05, 4.69) is 9.97 Å². The molecule has 0 amide bonds. The maximum Gasteiger partial charge on any atom is 0.279 e. The van der Waals surface area contributed by atoms with E-state index in [1.54, 1.807) is 17.5 Å². The van der Waals surface area contributed by atoms with E-state index in [1.165, 1.54) is 0 Å². The summed E-state index contributed by atoms with van der Waals surface area (Å²) in [6.45, 7) is 0. The molecular weight excluding hydrogens is 258 g/mol. The van der Waals surface area contributed by atoms with Gasteiger partial charge in [0.05, 0.1) is 4.88 Å². The molecule has 1 aliphatic carbocycles. The molecule has 0 N–H and O–H groups in total. The zero-order valence-electron chi connectivity index (χ0n) is 10.1. The predicted octanol–water partition coefficient (Wildman–Crippen LogP) is 2.85. The minimum atomic E-state index is -0.0175. The molecular formula is C14H11N3OS. The fourth-order valence-electron chi connectivity index (χ4n) is 2.29. The highest BCUT2D eigenvalue weighted by Crippen LogP contribution is 2.35. The highest BCUT2D eigenvalue weighted by atomic mass is 32.1. The Hall–Kier alpha value is -2.01. The smallest absolute Gasteiger partial charge is 0.279 e. The SMILES string of the molecule is O=c1c(-c2cccs2)nc2cccnc2n1C1CC1. The van der Waals surface area contributed by atoms with Crippen LogP contribution >= 0.6 is 11.3 Å². The van der Waals surface area contributed by atoms with Crippen LogP contribution in [0, 0.1) is 0 Å². The number of thiophene rings is 1. The summed E-state index contributed by atoms with van der Waals surface area (Å²) in [5.74, 6) is 0. The molecule has 3 aromatic rings. The number of nitrogens with zero attached hydrogens (tertiary/aromatic N) is 3. The van der Waals surface area contributed by atoms with Crippen molar-refractivity contribution < 1.29 is 0 Å². The lowest BCUT2D eigenvalue weighted by atomic mass is 10.3. The second-order valence-electron chi connectivity index (χ2n) is 4.69. The van der Waals surface area contributed by atoms with Crippen LogP contribution in [-0.4, -0.2) is 14.5 Å². The molecule has 1 aliphatic rings. The van der Waals surface area contributed by atoms with Gasteiger partial charge in [-0.15, -0.1) is 11.3 Å². The van der Waals surface area contributed by atoms with Crippen molar-refractivity contribution in [2.45, 2.75) is 18.9 Å². The summed E-state index contributed by atoms with van der Waals surface area (Å²) in [7, 11) is 0. The van der Waals surface area contributed by atoms with Crippen molar-refractivity contribution in [3.8, 4) is 10.6 Å². The molecule has 19 heavy (non-hydrogen) atoms. The Morgan fingerprint density at radius 2 is 2.16 bits per heavy atom. The summed E-state index contributed by atoms with van der Waals surface area (Å²) in [6.07, 6.45) is 3.83. The van der Waals surface area contributed by atoms with E-state index < -0.39 is 0 Å². The monoisotopic (exact) mass is 269 g/mol. The molecule has 0 unspecified atom stereocenters. The lowest BCUT2D eigenvalue weighted by Gasteiger charge is -2.09. The van der Waals surface area contributed by atoms with E-state index in [0.717, 1.165) is 23.2 Å². The summed E-state index contributed by atoms with van der Waals surface area (Å²) in [6, 6.07) is 7.95. The van der Waals surface area contributed by atoms with Crippen molar-refractivity contribution in [2.24, 2.45) is 0 Å². The molecule has 0 atom stereocenters. The molecule has 0 aromatic carbocycles. The van der Waals surface area contributed by atoms with E-state index in [1.807, 2.05) is 34.2 Å². The van der Waals surface area contributed by atoms with Crippen LogP contribution in [0.3, 0.4) is 0 Å². The highest BCUT2D eigenvalue weighted by molar-refractivity contribution is 7.13. The van der Waals surface area contributed by atoms with Crippen LogP contribution < -0.4 is 5.56 Å². The minimum absolute atomic E-state index is 0.0175. The van der Waals surface area contributed by atoms with E-state index >= 15 is 0 Å². The second-order valence-corrected chi connectivity index (χ2v) is 5.64. The van der Waals surface area contributed by atoms with Gasteiger partial charge in [-0.1, -0.05) is 6.07 Å². The summed E-state index contributed by atoms with van der Waals surface area (Å²) in [5, 5.41) is 1.96. The normalized spacial score (nSPS) is 14.9. The molecule has 1 saturated carbocycles. The van der Waals surface area contributed by atoms with Crippen molar-refractivity contribution in [1.82, 2.24) is 14.5 Å². The van der Waals surface area contributed by atoms with Gasteiger partial charge in [0.25, 0.3) is 5.56 Å². The molecule has 94 valence electrons. The van der Waals surface area contributed by atoms with E-state index in [9.17, 15) is 4.79 Å². The summed E-state index contributed by atoms with van der Waals surface area (Å²) < 4.78 is 1.82. The zero-order valence-corrected chi connectivity index (χ0v) is 10.9. The Labute approximate surface area is 113 Å². The van der Waals surface area contributed by atoms with E-state index in [-0.39, 0.29) is 5.56 Å². The van der Waals surface area contributed by atoms with Crippen LogP contribution in [0.15, 0.2) is 40.6 Å². The van der Waals surface area contributed by atoms with Gasteiger partial charge in [-0.25, -0.2) is 9.97 Å². The van der Waals surface area contributed by atoms with Gasteiger partial charge in [0, 0.05) is 12.2 Å². The van der Waals surface area contributed by atoms with Gasteiger partial charge in [-0.3, -0.25) is 9.36 Å². The topological polar surface area (TPSA) is 47.8 Å². The number of pyridine rings is 1. The standard InChI is InChI=1S/C14H11N3OS/c18-14-12(11-4-2-8-19-11)16-10-3-1-7-15-13(10)17(14)9-5-6-9/h1-4,7-9H,5-6H2. The molecule has 3 aromatic heterocycles. The molecule has 0 spiro atoms. The highest BCUT2D eigenvalue weighted by Gasteiger charge is 2.28. The number of hydrogen-bond donors (Lipinski definition) is 0. The zero-order chi connectivity index (χ0) is 12.8. The molecule has 0 radical (unpaired) electrons. The van der Waals surface area contributed by atoms with Gasteiger partial charge in [-0.2, -0.15) is 0 Å². The van der Waals surface area contributed by atoms with Gasteiger partial charge in [0.2, 0.25) is 0 Å². The maximum atomic E-state index is 12.6. The van der Waals surface area contributed by atoms with Crippen LogP contribution in [0.5, 0.6) is 0 Å². The first-order valence-corrected chi connectivity index (χ1v) is 7.14. The largest absolute Gasteiger partial charge is 0.286 e. The van der Waals surface area contributed by atoms with Gasteiger partial charge >= 0.3 is 0 Å². The van der Waals surface area contributed by atoms with Crippen LogP contribution in [0.25, 0.3) is 21.7 Å². The Morgan fingerprint density at radius 3 is 2.89 bits per heavy atom. The first-order valence-electron chi connectivity index (χ1n) is 6.26. The average Bonchev–Trinajstić information content (AvgIpc) is 3.12. The first-order chi connectivity index (χ1) is 9.34. The molecule has 0 aliphatic heterocycles. The Kier molecular flexibility index (Phi) is 2.29. The van der Waals surface area contributed by atoms with Crippen molar-refractivity contribution in [3.63, 3.8) is 0 Å². The van der Waals surface area contributed by atoms with Crippen molar-refractivity contribution >= 4 is 22.5 Å². The van der Waals surface area contributed by atoms with Gasteiger partial charge in [-0.05, 0) is 36.4 Å². The third kappa shape index (κ3) is 1.69. The van der Waals surface area contributed by atoms with Gasteiger partial charge in [0.1, 0.15) is 11.2 Å². The number of rotatable bonds is 2. The van der Waals surface area contributed by atoms with Crippen LogP contribution in [0.2, 0.25) is 0 Å². The first kappa shape index (κ1) is 10.9. The molecule has 1 fully saturated rings. The van der Waals surface area contributed by atoms with Crippen LogP contribution in [0.1, 0.15) is 18.9 Å². The number of fused-ring (bicyclic) bond motifs is 1. The summed E-state index contributed by atoms with van der Waals surface area (Å²) >= 11 is 1.54. The molecule has 0 bridgehead atoms. The van der Waals surface area contributed by atoms with Gasteiger partial charge < -0.3 is 0 Å². The van der Waals surface area contributed by atoms with Gasteiger partial charge in [0.15, 0.2) is 5.65 Å².